The normalized spacial score (nSPS) is 41.6. The minimum atomic E-state index is -0.785. The van der Waals surface area contributed by atoms with Crippen LogP contribution in [0.15, 0.2) is 60.7 Å². The molecule has 25 heavy (non-hydrogen) atoms. The van der Waals surface area contributed by atoms with Crippen molar-refractivity contribution in [1.82, 2.24) is 0 Å². The van der Waals surface area contributed by atoms with Crippen molar-refractivity contribution in [2.75, 3.05) is 6.61 Å². The van der Waals surface area contributed by atoms with Crippen molar-refractivity contribution in [2.45, 2.75) is 38.1 Å². The molecule has 2 aromatic carbocycles. The van der Waals surface area contributed by atoms with E-state index in [1.165, 1.54) is 17.0 Å². The molecule has 0 aromatic heterocycles. The van der Waals surface area contributed by atoms with Crippen molar-refractivity contribution >= 4 is 18.5 Å². The molecule has 0 radical (unpaired) electrons. The molecule has 2 aromatic rings. The summed E-state index contributed by atoms with van der Waals surface area (Å²) in [4.78, 5) is 0. The Hall–Kier alpha value is -1.21. The summed E-state index contributed by atoms with van der Waals surface area (Å²) in [6, 6.07) is 21.4. The lowest BCUT2D eigenvalue weighted by Gasteiger charge is -2.50. The van der Waals surface area contributed by atoms with E-state index >= 15 is 0 Å². The first-order chi connectivity index (χ1) is 12.0. The highest BCUT2D eigenvalue weighted by molar-refractivity contribution is 7.74. The molecule has 1 N–H and O–H groups in total. The Morgan fingerprint density at radius 2 is 1.48 bits per heavy atom. The lowest BCUT2D eigenvalue weighted by atomic mass is 9.68. The molecule has 1 aliphatic heterocycles. The van der Waals surface area contributed by atoms with Crippen LogP contribution in [0.4, 0.5) is 0 Å². The minimum Gasteiger partial charge on any atom is -0.389 e. The Kier molecular flexibility index (Phi) is 3.30. The van der Waals surface area contributed by atoms with Gasteiger partial charge in [0.15, 0.2) is 0 Å². The van der Waals surface area contributed by atoms with E-state index < -0.39 is 19.4 Å². The maximum absolute atomic E-state index is 11.6. The molecule has 3 aliphatic rings. The number of hydrogen-bond donors (Lipinski definition) is 1. The SMILES string of the molecule is C[C@@]12CC[C@@H]3[C@@](P(c4ccccc4)c4ccccc4)(OC[C@]31C)[C@@H]2O. The third-order valence-electron chi connectivity index (χ3n) is 7.50. The first-order valence-electron chi connectivity index (χ1n) is 9.26. The average Bonchev–Trinajstić information content (AvgIpc) is 3.14. The van der Waals surface area contributed by atoms with Gasteiger partial charge in [-0.25, -0.2) is 0 Å². The van der Waals surface area contributed by atoms with Gasteiger partial charge in [0.05, 0.1) is 12.7 Å². The molecule has 5 rings (SSSR count). The molecule has 2 aliphatic carbocycles. The zero-order chi connectivity index (χ0) is 17.3. The highest BCUT2D eigenvalue weighted by atomic mass is 31.1. The number of hydrogen-bond acceptors (Lipinski definition) is 2. The summed E-state index contributed by atoms with van der Waals surface area (Å²) in [6.07, 6.45) is 1.89. The van der Waals surface area contributed by atoms with Crippen LogP contribution in [-0.4, -0.2) is 23.2 Å². The second-order valence-electron chi connectivity index (χ2n) is 8.38. The van der Waals surface area contributed by atoms with E-state index in [0.717, 1.165) is 13.0 Å². The number of rotatable bonds is 3. The second-order valence-corrected chi connectivity index (χ2v) is 10.8. The fourth-order valence-electron chi connectivity index (χ4n) is 5.97. The monoisotopic (exact) mass is 352 g/mol. The highest BCUT2D eigenvalue weighted by Crippen LogP contribution is 2.80. The number of aliphatic hydroxyl groups excluding tert-OH is 1. The summed E-state index contributed by atoms with van der Waals surface area (Å²) in [6.45, 7) is 5.43. The van der Waals surface area contributed by atoms with Gasteiger partial charge in [-0.1, -0.05) is 74.5 Å². The third kappa shape index (κ3) is 1.76. The highest BCUT2D eigenvalue weighted by Gasteiger charge is 2.81. The molecule has 3 heteroatoms. The molecule has 0 spiro atoms. The van der Waals surface area contributed by atoms with Crippen LogP contribution in [0.3, 0.4) is 0 Å². The topological polar surface area (TPSA) is 29.5 Å². The minimum absolute atomic E-state index is 0.0277. The summed E-state index contributed by atoms with van der Waals surface area (Å²) in [5.74, 6) is 0.437. The fraction of sp³-hybridized carbons (Fsp3) is 0.455. The molecule has 4 bridgehead atoms. The molecule has 0 amide bonds. The number of aliphatic hydroxyl groups is 1. The van der Waals surface area contributed by atoms with Gasteiger partial charge in [0, 0.05) is 16.7 Å². The van der Waals surface area contributed by atoms with E-state index in [0.29, 0.717) is 5.92 Å². The molecular formula is C22H25O2P. The number of benzene rings is 2. The van der Waals surface area contributed by atoms with Crippen LogP contribution >= 0.6 is 7.92 Å². The van der Waals surface area contributed by atoms with Gasteiger partial charge in [-0.3, -0.25) is 0 Å². The molecular weight excluding hydrogens is 327 g/mol. The lowest BCUT2D eigenvalue weighted by molar-refractivity contribution is -0.147. The first kappa shape index (κ1) is 16.0. The van der Waals surface area contributed by atoms with Gasteiger partial charge in [-0.05, 0) is 31.4 Å². The molecule has 3 fully saturated rings. The van der Waals surface area contributed by atoms with E-state index in [1.807, 2.05) is 0 Å². The van der Waals surface area contributed by atoms with Crippen molar-refractivity contribution in [3.63, 3.8) is 0 Å². The average molecular weight is 352 g/mol. The molecule has 5 atom stereocenters. The van der Waals surface area contributed by atoms with Crippen molar-refractivity contribution in [3.8, 4) is 0 Å². The van der Waals surface area contributed by atoms with E-state index in [-0.39, 0.29) is 10.8 Å². The molecule has 130 valence electrons. The zero-order valence-corrected chi connectivity index (χ0v) is 15.7. The standard InChI is InChI=1S/C22H25O2P/c1-20-14-13-18-21(20,2)15-24-22(18,19(20)23)25(16-9-5-3-6-10-16)17-11-7-4-8-12-17/h3-12,18-19,23H,13-15H2,1-2H3/t18-,19+,20-,21+,22-/m0/s1. The Morgan fingerprint density at radius 3 is 1.96 bits per heavy atom. The van der Waals surface area contributed by atoms with E-state index in [9.17, 15) is 5.11 Å². The van der Waals surface area contributed by atoms with Crippen molar-refractivity contribution in [2.24, 2.45) is 16.7 Å². The predicted octanol–water partition coefficient (Wildman–Crippen LogP) is 3.64. The van der Waals surface area contributed by atoms with Crippen LogP contribution in [0.2, 0.25) is 0 Å². The lowest BCUT2D eigenvalue weighted by Crippen LogP contribution is -2.55. The first-order valence-corrected chi connectivity index (χ1v) is 10.6. The Morgan fingerprint density at radius 1 is 0.920 bits per heavy atom. The molecule has 2 nitrogen and oxygen atoms in total. The molecule has 2 saturated carbocycles. The van der Waals surface area contributed by atoms with Crippen molar-refractivity contribution < 1.29 is 9.84 Å². The van der Waals surface area contributed by atoms with E-state index in [1.54, 1.807) is 0 Å². The van der Waals surface area contributed by atoms with Gasteiger partial charge < -0.3 is 9.84 Å². The van der Waals surface area contributed by atoms with Gasteiger partial charge in [-0.15, -0.1) is 0 Å². The van der Waals surface area contributed by atoms with Gasteiger partial charge >= 0.3 is 0 Å². The van der Waals surface area contributed by atoms with Crippen LogP contribution in [0.25, 0.3) is 0 Å². The summed E-state index contributed by atoms with van der Waals surface area (Å²) in [7, 11) is -0.785. The van der Waals surface area contributed by atoms with Crippen LogP contribution < -0.4 is 10.6 Å². The maximum atomic E-state index is 11.6. The second kappa shape index (κ2) is 5.16. The van der Waals surface area contributed by atoms with Gasteiger partial charge in [-0.2, -0.15) is 0 Å². The Balaban J connectivity index is 1.73. The molecule has 0 unspecified atom stereocenters. The van der Waals surface area contributed by atoms with Gasteiger partial charge in [0.1, 0.15) is 5.34 Å². The maximum Gasteiger partial charge on any atom is 0.125 e. The smallest absolute Gasteiger partial charge is 0.125 e. The van der Waals surface area contributed by atoms with Crippen molar-refractivity contribution in [1.29, 1.82) is 0 Å². The Labute approximate surface area is 151 Å². The Bertz CT molecular complexity index is 753. The third-order valence-corrected chi connectivity index (χ3v) is 10.5. The summed E-state index contributed by atoms with van der Waals surface area (Å²) in [5.41, 5.74) is 0.0661. The van der Waals surface area contributed by atoms with Crippen LogP contribution in [-0.2, 0) is 4.74 Å². The molecule has 1 heterocycles. The van der Waals surface area contributed by atoms with Crippen LogP contribution in [0.5, 0.6) is 0 Å². The van der Waals surface area contributed by atoms with E-state index in [4.69, 9.17) is 4.74 Å². The summed E-state index contributed by atoms with van der Waals surface area (Å²) < 4.78 is 6.60. The predicted molar refractivity (Wildman–Crippen MR) is 103 cm³/mol. The summed E-state index contributed by atoms with van der Waals surface area (Å²) in [5, 5.41) is 13.7. The summed E-state index contributed by atoms with van der Waals surface area (Å²) >= 11 is 0. The quantitative estimate of drug-likeness (QED) is 0.855. The van der Waals surface area contributed by atoms with Crippen LogP contribution in [0, 0.1) is 16.7 Å². The fourth-order valence-corrected chi connectivity index (χ4v) is 9.46. The van der Waals surface area contributed by atoms with Crippen molar-refractivity contribution in [3.05, 3.63) is 60.7 Å². The molecule has 1 saturated heterocycles. The van der Waals surface area contributed by atoms with E-state index in [2.05, 4.69) is 74.5 Å². The number of ether oxygens (including phenoxy) is 1. The van der Waals surface area contributed by atoms with Crippen LogP contribution in [0.1, 0.15) is 26.7 Å². The van der Waals surface area contributed by atoms with Gasteiger partial charge in [0.25, 0.3) is 0 Å². The van der Waals surface area contributed by atoms with Gasteiger partial charge in [0.2, 0.25) is 0 Å². The largest absolute Gasteiger partial charge is 0.389 e. The zero-order valence-electron chi connectivity index (χ0n) is 14.9.